The molecule has 0 aliphatic rings. The van der Waals surface area contributed by atoms with Gasteiger partial charge in [-0.05, 0) is 18.1 Å². The van der Waals surface area contributed by atoms with Crippen molar-refractivity contribution in [3.63, 3.8) is 0 Å². The van der Waals surface area contributed by atoms with Crippen LogP contribution in [0.15, 0.2) is 36.7 Å². The fraction of sp³-hybridized carbons (Fsp3) is 0.235. The van der Waals surface area contributed by atoms with Gasteiger partial charge in [0.1, 0.15) is 5.69 Å². The summed E-state index contributed by atoms with van der Waals surface area (Å²) in [4.78, 5) is 20.3. The standard InChI is InChI=1S/C17H16N2O3/c1-2-3-7-22-17-11-18-15(10-19-17)16(21)9-13-5-4-6-14(8-13)12-20/h4-6,8,10-11,20H,7,9,12H2,1H3. The molecule has 0 aliphatic carbocycles. The van der Waals surface area contributed by atoms with Crippen molar-refractivity contribution < 1.29 is 14.6 Å². The number of Topliss-reactive ketones (excluding diaryl/α,β-unsaturated/α-hetero) is 1. The lowest BCUT2D eigenvalue weighted by Crippen LogP contribution is -2.07. The number of aliphatic hydroxyl groups is 1. The predicted octanol–water partition coefficient (Wildman–Crippen LogP) is 1.80. The molecule has 0 unspecified atom stereocenters. The summed E-state index contributed by atoms with van der Waals surface area (Å²) in [5, 5.41) is 9.10. The Hall–Kier alpha value is -2.71. The summed E-state index contributed by atoms with van der Waals surface area (Å²) in [6, 6.07) is 7.25. The molecule has 0 fully saturated rings. The Bertz CT molecular complexity index is 700. The number of nitrogens with zero attached hydrogens (tertiary/aromatic N) is 2. The minimum absolute atomic E-state index is 0.0471. The van der Waals surface area contributed by atoms with Gasteiger partial charge in [-0.25, -0.2) is 9.97 Å². The highest BCUT2D eigenvalue weighted by Crippen LogP contribution is 2.10. The van der Waals surface area contributed by atoms with Gasteiger partial charge in [-0.3, -0.25) is 4.79 Å². The van der Waals surface area contributed by atoms with Crippen molar-refractivity contribution in [3.8, 4) is 17.7 Å². The number of hydrogen-bond donors (Lipinski definition) is 1. The maximum atomic E-state index is 12.2. The van der Waals surface area contributed by atoms with E-state index in [0.29, 0.717) is 5.88 Å². The molecule has 0 radical (unpaired) electrons. The van der Waals surface area contributed by atoms with Crippen LogP contribution in [-0.4, -0.2) is 27.5 Å². The molecule has 2 aromatic rings. The predicted molar refractivity (Wildman–Crippen MR) is 81.4 cm³/mol. The Balaban J connectivity index is 2.01. The average molecular weight is 296 g/mol. The Morgan fingerprint density at radius 3 is 2.77 bits per heavy atom. The number of aromatic nitrogens is 2. The fourth-order valence-corrected chi connectivity index (χ4v) is 1.83. The van der Waals surface area contributed by atoms with Crippen LogP contribution in [0.4, 0.5) is 0 Å². The van der Waals surface area contributed by atoms with Gasteiger partial charge in [0.05, 0.1) is 19.0 Å². The van der Waals surface area contributed by atoms with Crippen molar-refractivity contribution >= 4 is 5.78 Å². The molecule has 1 aromatic heterocycles. The van der Waals surface area contributed by atoms with Crippen molar-refractivity contribution in [2.24, 2.45) is 0 Å². The summed E-state index contributed by atoms with van der Waals surface area (Å²) < 4.78 is 5.24. The summed E-state index contributed by atoms with van der Waals surface area (Å²) in [6.45, 7) is 1.92. The number of aliphatic hydroxyl groups excluding tert-OH is 1. The van der Waals surface area contributed by atoms with E-state index >= 15 is 0 Å². The summed E-state index contributed by atoms with van der Waals surface area (Å²) in [6.07, 6.45) is 3.02. The molecule has 0 atom stereocenters. The van der Waals surface area contributed by atoms with E-state index in [1.165, 1.54) is 12.4 Å². The second-order valence-corrected chi connectivity index (χ2v) is 4.53. The molecule has 2 rings (SSSR count). The van der Waals surface area contributed by atoms with E-state index in [0.717, 1.165) is 11.1 Å². The molecule has 1 heterocycles. The molecule has 0 bridgehead atoms. The maximum Gasteiger partial charge on any atom is 0.233 e. The lowest BCUT2D eigenvalue weighted by Gasteiger charge is -2.04. The smallest absolute Gasteiger partial charge is 0.233 e. The van der Waals surface area contributed by atoms with Crippen molar-refractivity contribution in [1.82, 2.24) is 9.97 Å². The summed E-state index contributed by atoms with van der Waals surface area (Å²) in [5.41, 5.74) is 1.89. The Morgan fingerprint density at radius 2 is 2.09 bits per heavy atom. The quantitative estimate of drug-likeness (QED) is 0.650. The lowest BCUT2D eigenvalue weighted by atomic mass is 10.0. The molecule has 5 heteroatoms. The third-order valence-corrected chi connectivity index (χ3v) is 2.92. The number of ether oxygens (including phenoxy) is 1. The van der Waals surface area contributed by atoms with E-state index in [9.17, 15) is 4.79 Å². The lowest BCUT2D eigenvalue weighted by molar-refractivity contribution is 0.0987. The van der Waals surface area contributed by atoms with Crippen LogP contribution < -0.4 is 4.74 Å². The largest absolute Gasteiger partial charge is 0.463 e. The Labute approximate surface area is 129 Å². The monoisotopic (exact) mass is 296 g/mol. The zero-order valence-corrected chi connectivity index (χ0v) is 12.2. The van der Waals surface area contributed by atoms with Gasteiger partial charge in [-0.1, -0.05) is 30.2 Å². The van der Waals surface area contributed by atoms with Gasteiger partial charge in [-0.2, -0.15) is 0 Å². The summed E-state index contributed by atoms with van der Waals surface area (Å²) in [5.74, 6) is 5.66. The van der Waals surface area contributed by atoms with E-state index in [1.807, 2.05) is 12.1 Å². The van der Waals surface area contributed by atoms with Gasteiger partial charge < -0.3 is 9.84 Å². The van der Waals surface area contributed by atoms with Gasteiger partial charge in [0.2, 0.25) is 5.88 Å². The maximum absolute atomic E-state index is 12.2. The number of carbonyl (C=O) groups is 1. The van der Waals surface area contributed by atoms with Crippen LogP contribution in [-0.2, 0) is 13.0 Å². The van der Waals surface area contributed by atoms with Gasteiger partial charge in [0, 0.05) is 6.42 Å². The second-order valence-electron chi connectivity index (χ2n) is 4.53. The molecule has 0 spiro atoms. The number of benzene rings is 1. The molecule has 5 nitrogen and oxygen atoms in total. The van der Waals surface area contributed by atoms with Crippen LogP contribution in [0.3, 0.4) is 0 Å². The zero-order valence-electron chi connectivity index (χ0n) is 12.2. The normalized spacial score (nSPS) is 9.73. The molecule has 0 aliphatic heterocycles. The topological polar surface area (TPSA) is 72.3 Å². The van der Waals surface area contributed by atoms with Crippen molar-refractivity contribution in [1.29, 1.82) is 0 Å². The first-order valence-electron chi connectivity index (χ1n) is 6.79. The highest BCUT2D eigenvalue weighted by molar-refractivity contribution is 5.95. The summed E-state index contributed by atoms with van der Waals surface area (Å²) in [7, 11) is 0. The molecule has 0 amide bonds. The van der Waals surface area contributed by atoms with Crippen LogP contribution in [0.5, 0.6) is 5.88 Å². The van der Waals surface area contributed by atoms with Crippen LogP contribution in [0.25, 0.3) is 0 Å². The van der Waals surface area contributed by atoms with Crippen LogP contribution >= 0.6 is 0 Å². The van der Waals surface area contributed by atoms with Crippen molar-refractivity contribution in [2.45, 2.75) is 20.0 Å². The van der Waals surface area contributed by atoms with E-state index in [2.05, 4.69) is 21.8 Å². The number of rotatable bonds is 6. The highest BCUT2D eigenvalue weighted by atomic mass is 16.5. The zero-order chi connectivity index (χ0) is 15.8. The second kappa shape index (κ2) is 7.91. The molecule has 112 valence electrons. The van der Waals surface area contributed by atoms with Gasteiger partial charge >= 0.3 is 0 Å². The highest BCUT2D eigenvalue weighted by Gasteiger charge is 2.10. The van der Waals surface area contributed by atoms with Gasteiger partial charge in [-0.15, -0.1) is 5.92 Å². The fourth-order valence-electron chi connectivity index (χ4n) is 1.83. The SMILES string of the molecule is CC#CCOc1cnc(C(=O)Cc2cccc(CO)c2)cn1. The van der Waals surface area contributed by atoms with Gasteiger partial charge in [0.15, 0.2) is 12.4 Å². The third-order valence-electron chi connectivity index (χ3n) is 2.92. The summed E-state index contributed by atoms with van der Waals surface area (Å²) >= 11 is 0. The first-order chi connectivity index (χ1) is 10.7. The van der Waals surface area contributed by atoms with Crippen LogP contribution in [0.1, 0.15) is 28.5 Å². The van der Waals surface area contributed by atoms with E-state index in [-0.39, 0.29) is 31.1 Å². The minimum Gasteiger partial charge on any atom is -0.463 e. The van der Waals surface area contributed by atoms with E-state index < -0.39 is 0 Å². The molecule has 0 saturated carbocycles. The van der Waals surface area contributed by atoms with E-state index in [1.54, 1.807) is 19.1 Å². The molecular formula is C17H16N2O3. The molecule has 1 N–H and O–H groups in total. The first-order valence-corrected chi connectivity index (χ1v) is 6.79. The van der Waals surface area contributed by atoms with Gasteiger partial charge in [0.25, 0.3) is 0 Å². The number of hydrogen-bond acceptors (Lipinski definition) is 5. The Kier molecular flexibility index (Phi) is 5.64. The van der Waals surface area contributed by atoms with E-state index in [4.69, 9.17) is 9.84 Å². The number of ketones is 1. The molecule has 0 saturated heterocycles. The van der Waals surface area contributed by atoms with Crippen molar-refractivity contribution in [3.05, 3.63) is 53.5 Å². The Morgan fingerprint density at radius 1 is 1.27 bits per heavy atom. The molecule has 22 heavy (non-hydrogen) atoms. The number of carbonyl (C=O) groups excluding carboxylic acids is 1. The molecular weight excluding hydrogens is 280 g/mol. The minimum atomic E-state index is -0.137. The van der Waals surface area contributed by atoms with Crippen LogP contribution in [0.2, 0.25) is 0 Å². The van der Waals surface area contributed by atoms with Crippen molar-refractivity contribution in [2.75, 3.05) is 6.61 Å². The molecule has 1 aromatic carbocycles. The van der Waals surface area contributed by atoms with Crippen LogP contribution in [0, 0.1) is 11.8 Å². The first kappa shape index (κ1) is 15.7. The average Bonchev–Trinajstić information content (AvgIpc) is 2.56. The third kappa shape index (κ3) is 4.40.